The summed E-state index contributed by atoms with van der Waals surface area (Å²) in [5, 5.41) is 18.6. The van der Waals surface area contributed by atoms with Crippen LogP contribution in [0.15, 0.2) is 48.7 Å². The summed E-state index contributed by atoms with van der Waals surface area (Å²) in [5.74, 6) is 1.87. The van der Waals surface area contributed by atoms with Crippen LogP contribution in [0.3, 0.4) is 0 Å². The monoisotopic (exact) mass is 376 g/mol. The summed E-state index contributed by atoms with van der Waals surface area (Å²) in [4.78, 5) is 12.5. The number of anilines is 1. The molecule has 2 heterocycles. The minimum atomic E-state index is -0.776. The highest BCUT2D eigenvalue weighted by Gasteiger charge is 2.20. The molecule has 0 aliphatic carbocycles. The van der Waals surface area contributed by atoms with Crippen molar-refractivity contribution in [3.8, 4) is 34.4 Å². The van der Waals surface area contributed by atoms with Crippen molar-refractivity contribution in [3.63, 3.8) is 0 Å². The van der Waals surface area contributed by atoms with Crippen LogP contribution < -0.4 is 19.5 Å². The van der Waals surface area contributed by atoms with Gasteiger partial charge in [-0.2, -0.15) is 10.4 Å². The first-order chi connectivity index (χ1) is 13.6. The molecule has 8 heteroatoms. The van der Waals surface area contributed by atoms with Gasteiger partial charge in [0, 0.05) is 5.56 Å². The lowest BCUT2D eigenvalue weighted by Crippen LogP contribution is -2.30. The number of rotatable bonds is 5. The van der Waals surface area contributed by atoms with E-state index in [0.717, 1.165) is 5.56 Å². The van der Waals surface area contributed by atoms with Crippen LogP contribution in [0.25, 0.3) is 11.1 Å². The smallest absolute Gasteiger partial charge is 0.266 e. The third kappa shape index (κ3) is 3.46. The van der Waals surface area contributed by atoms with Crippen LogP contribution in [-0.4, -0.2) is 29.0 Å². The second-order valence-electron chi connectivity index (χ2n) is 6.12. The number of nitrogens with zero attached hydrogens (tertiary/aromatic N) is 2. The molecular weight excluding hydrogens is 360 g/mol. The van der Waals surface area contributed by atoms with Crippen molar-refractivity contribution in [2.45, 2.75) is 13.0 Å². The normalized spacial score (nSPS) is 12.9. The largest absolute Gasteiger partial charge is 0.481 e. The van der Waals surface area contributed by atoms with Crippen molar-refractivity contribution >= 4 is 11.7 Å². The number of H-pyrrole nitrogens is 1. The zero-order valence-corrected chi connectivity index (χ0v) is 14.9. The van der Waals surface area contributed by atoms with Gasteiger partial charge in [-0.05, 0) is 42.8 Å². The first-order valence-corrected chi connectivity index (χ1v) is 8.55. The predicted molar refractivity (Wildman–Crippen MR) is 100 cm³/mol. The van der Waals surface area contributed by atoms with Gasteiger partial charge in [0.1, 0.15) is 11.6 Å². The Morgan fingerprint density at radius 1 is 1.29 bits per heavy atom. The maximum atomic E-state index is 12.5. The van der Waals surface area contributed by atoms with Gasteiger partial charge in [0.25, 0.3) is 5.91 Å². The SMILES string of the molecule is C[C@H](Oc1cccc(C#N)c1)C(=O)Nc1[nH]ncc1-c1ccc2c(c1)OCO2. The number of nitriles is 1. The first-order valence-electron chi connectivity index (χ1n) is 8.55. The van der Waals surface area contributed by atoms with Crippen LogP contribution in [0.2, 0.25) is 0 Å². The Kier molecular flexibility index (Phi) is 4.56. The highest BCUT2D eigenvalue weighted by Crippen LogP contribution is 2.37. The van der Waals surface area contributed by atoms with Crippen molar-refractivity contribution < 1.29 is 19.0 Å². The number of aromatic amines is 1. The van der Waals surface area contributed by atoms with E-state index in [1.807, 2.05) is 24.3 Å². The summed E-state index contributed by atoms with van der Waals surface area (Å²) in [6.45, 7) is 1.82. The molecule has 1 aliphatic heterocycles. The van der Waals surface area contributed by atoms with E-state index in [2.05, 4.69) is 15.5 Å². The molecule has 0 saturated carbocycles. The maximum Gasteiger partial charge on any atom is 0.266 e. The summed E-state index contributed by atoms with van der Waals surface area (Å²) in [6, 6.07) is 14.2. The van der Waals surface area contributed by atoms with E-state index < -0.39 is 6.10 Å². The maximum absolute atomic E-state index is 12.5. The van der Waals surface area contributed by atoms with Gasteiger partial charge in [-0.3, -0.25) is 9.89 Å². The fraction of sp³-hybridized carbons (Fsp3) is 0.150. The lowest BCUT2D eigenvalue weighted by Gasteiger charge is -2.15. The van der Waals surface area contributed by atoms with Gasteiger partial charge in [-0.1, -0.05) is 12.1 Å². The molecule has 0 bridgehead atoms. The Bertz CT molecular complexity index is 1070. The molecule has 0 radical (unpaired) electrons. The Hall–Kier alpha value is -3.99. The number of ether oxygens (including phenoxy) is 3. The molecule has 28 heavy (non-hydrogen) atoms. The number of carbonyl (C=O) groups excluding carboxylic acids is 1. The standard InChI is InChI=1S/C20H16N4O4/c1-12(28-15-4-2-3-13(7-15)9-21)20(25)23-19-16(10-22-24-19)14-5-6-17-18(8-14)27-11-26-17/h2-8,10,12H,11H2,1H3,(H2,22,23,24,25)/t12-/m0/s1. The molecule has 1 aromatic heterocycles. The molecule has 8 nitrogen and oxygen atoms in total. The molecule has 140 valence electrons. The molecule has 3 aromatic rings. The lowest BCUT2D eigenvalue weighted by molar-refractivity contribution is -0.122. The van der Waals surface area contributed by atoms with Crippen LogP contribution in [0.1, 0.15) is 12.5 Å². The van der Waals surface area contributed by atoms with Crippen LogP contribution >= 0.6 is 0 Å². The summed E-state index contributed by atoms with van der Waals surface area (Å²) >= 11 is 0. The van der Waals surface area contributed by atoms with Crippen LogP contribution in [0, 0.1) is 11.3 Å². The minimum absolute atomic E-state index is 0.190. The number of benzene rings is 2. The Balaban J connectivity index is 1.48. The quantitative estimate of drug-likeness (QED) is 0.708. The van der Waals surface area contributed by atoms with Gasteiger partial charge in [-0.25, -0.2) is 0 Å². The Labute approximate surface area is 160 Å². The summed E-state index contributed by atoms with van der Waals surface area (Å²) in [6.07, 6.45) is 0.844. The third-order valence-electron chi connectivity index (χ3n) is 4.22. The van der Waals surface area contributed by atoms with E-state index in [-0.39, 0.29) is 12.7 Å². The van der Waals surface area contributed by atoms with Crippen molar-refractivity contribution in [1.29, 1.82) is 5.26 Å². The van der Waals surface area contributed by atoms with Gasteiger partial charge >= 0.3 is 0 Å². The second kappa shape index (κ2) is 7.32. The fourth-order valence-corrected chi connectivity index (χ4v) is 2.79. The Morgan fingerprint density at radius 3 is 3.00 bits per heavy atom. The molecule has 1 atom stereocenters. The average molecular weight is 376 g/mol. The summed E-state index contributed by atoms with van der Waals surface area (Å²) in [5.41, 5.74) is 2.00. The zero-order chi connectivity index (χ0) is 19.5. The summed E-state index contributed by atoms with van der Waals surface area (Å²) in [7, 11) is 0. The van der Waals surface area contributed by atoms with E-state index >= 15 is 0 Å². The van der Waals surface area contributed by atoms with Crippen LogP contribution in [-0.2, 0) is 4.79 Å². The lowest BCUT2D eigenvalue weighted by atomic mass is 10.1. The van der Waals surface area contributed by atoms with E-state index in [1.165, 1.54) is 0 Å². The van der Waals surface area contributed by atoms with Crippen molar-refractivity contribution in [2.24, 2.45) is 0 Å². The van der Waals surface area contributed by atoms with Crippen LogP contribution in [0.4, 0.5) is 5.82 Å². The number of fused-ring (bicyclic) bond motifs is 1. The van der Waals surface area contributed by atoms with Crippen molar-refractivity contribution in [1.82, 2.24) is 10.2 Å². The molecular formula is C20H16N4O4. The Morgan fingerprint density at radius 2 is 2.14 bits per heavy atom. The molecule has 1 aliphatic rings. The molecule has 1 amide bonds. The van der Waals surface area contributed by atoms with E-state index in [1.54, 1.807) is 37.4 Å². The fourth-order valence-electron chi connectivity index (χ4n) is 2.79. The van der Waals surface area contributed by atoms with Crippen molar-refractivity contribution in [2.75, 3.05) is 12.1 Å². The highest BCUT2D eigenvalue weighted by molar-refractivity contribution is 5.96. The zero-order valence-electron chi connectivity index (χ0n) is 14.9. The van der Waals surface area contributed by atoms with E-state index in [0.29, 0.717) is 34.2 Å². The van der Waals surface area contributed by atoms with Gasteiger partial charge in [0.05, 0.1) is 17.8 Å². The first kappa shape index (κ1) is 17.4. The van der Waals surface area contributed by atoms with Gasteiger partial charge in [-0.15, -0.1) is 0 Å². The molecule has 0 spiro atoms. The number of carbonyl (C=O) groups is 1. The third-order valence-corrected chi connectivity index (χ3v) is 4.22. The van der Waals surface area contributed by atoms with Gasteiger partial charge < -0.3 is 19.5 Å². The van der Waals surface area contributed by atoms with E-state index in [4.69, 9.17) is 19.5 Å². The van der Waals surface area contributed by atoms with Gasteiger partial charge in [0.15, 0.2) is 17.6 Å². The molecule has 4 rings (SSSR count). The molecule has 2 aromatic carbocycles. The molecule has 0 saturated heterocycles. The topological polar surface area (TPSA) is 109 Å². The number of nitrogens with one attached hydrogen (secondary N) is 2. The second-order valence-corrected chi connectivity index (χ2v) is 6.12. The minimum Gasteiger partial charge on any atom is -0.481 e. The van der Waals surface area contributed by atoms with E-state index in [9.17, 15) is 4.79 Å². The number of amides is 1. The van der Waals surface area contributed by atoms with Crippen molar-refractivity contribution in [3.05, 3.63) is 54.2 Å². The predicted octanol–water partition coefficient (Wildman–Crippen LogP) is 3.08. The number of aromatic nitrogens is 2. The highest BCUT2D eigenvalue weighted by atomic mass is 16.7. The van der Waals surface area contributed by atoms with Crippen LogP contribution in [0.5, 0.6) is 17.2 Å². The molecule has 0 fully saturated rings. The number of hydrogen-bond acceptors (Lipinski definition) is 6. The molecule has 0 unspecified atom stereocenters. The number of hydrogen-bond donors (Lipinski definition) is 2. The average Bonchev–Trinajstić information content (AvgIpc) is 3.36. The molecule has 2 N–H and O–H groups in total. The summed E-state index contributed by atoms with van der Waals surface area (Å²) < 4.78 is 16.4. The van der Waals surface area contributed by atoms with Gasteiger partial charge in [0.2, 0.25) is 6.79 Å².